The maximum atomic E-state index is 9.27. The van der Waals surface area contributed by atoms with Gasteiger partial charge in [-0.2, -0.15) is 5.26 Å². The molecule has 2 N–H and O–H groups in total. The van der Waals surface area contributed by atoms with Crippen LogP contribution in [0.25, 0.3) is 0 Å². The topological polar surface area (TPSA) is 75.6 Å². The number of hydrogen-bond acceptors (Lipinski definition) is 5. The Balaban J connectivity index is 2.27. The van der Waals surface area contributed by atoms with E-state index in [0.29, 0.717) is 22.8 Å². The summed E-state index contributed by atoms with van der Waals surface area (Å²) in [5, 5.41) is 9.92. The van der Waals surface area contributed by atoms with Crippen molar-refractivity contribution in [3.63, 3.8) is 0 Å². The molecule has 1 aromatic heterocycles. The van der Waals surface area contributed by atoms with Gasteiger partial charge in [0, 0.05) is 12.2 Å². The molecule has 0 radical (unpaired) electrons. The van der Waals surface area contributed by atoms with Gasteiger partial charge in [-0.25, -0.2) is 9.97 Å². The van der Waals surface area contributed by atoms with Gasteiger partial charge in [-0.15, -0.1) is 0 Å². The second kappa shape index (κ2) is 7.65. The average molecular weight is 298 g/mol. The van der Waals surface area contributed by atoms with Crippen LogP contribution in [0, 0.1) is 11.3 Å². The van der Waals surface area contributed by atoms with Crippen molar-refractivity contribution < 1.29 is 0 Å². The lowest BCUT2D eigenvalue weighted by Gasteiger charge is -2.08. The minimum atomic E-state index is 0.275. The molecule has 1 aromatic carbocycles. The molecule has 0 unspecified atom stereocenters. The third-order valence-corrected chi connectivity index (χ3v) is 3.98. The maximum absolute atomic E-state index is 9.27. The minimum Gasteiger partial charge on any atom is -0.382 e. The highest BCUT2D eigenvalue weighted by Crippen LogP contribution is 2.22. The molecule has 2 aromatic rings. The van der Waals surface area contributed by atoms with Gasteiger partial charge in [0.1, 0.15) is 17.5 Å². The third-order valence-electron chi connectivity index (χ3n) is 3.05. The number of aromatic nitrogens is 2. The van der Waals surface area contributed by atoms with E-state index in [0.717, 1.165) is 24.2 Å². The third kappa shape index (κ3) is 4.20. The maximum Gasteiger partial charge on any atom is 0.189 e. The van der Waals surface area contributed by atoms with E-state index in [4.69, 9.17) is 5.73 Å². The first kappa shape index (κ1) is 15.3. The van der Waals surface area contributed by atoms with Crippen LogP contribution in [0.2, 0.25) is 0 Å². The van der Waals surface area contributed by atoms with E-state index >= 15 is 0 Å². The SMILES string of the molecule is CCCCSc1nc(N)c(C#N)c(Cc2ccccc2)n1. The zero-order valence-electron chi connectivity index (χ0n) is 12.0. The van der Waals surface area contributed by atoms with E-state index < -0.39 is 0 Å². The van der Waals surface area contributed by atoms with Crippen molar-refractivity contribution in [2.24, 2.45) is 0 Å². The summed E-state index contributed by atoms with van der Waals surface area (Å²) in [6, 6.07) is 12.1. The van der Waals surface area contributed by atoms with Crippen molar-refractivity contribution in [3.05, 3.63) is 47.2 Å². The van der Waals surface area contributed by atoms with Crippen LogP contribution in [-0.4, -0.2) is 15.7 Å². The number of rotatable bonds is 6. The molecule has 0 saturated heterocycles. The van der Waals surface area contributed by atoms with Gasteiger partial charge in [-0.05, 0) is 12.0 Å². The molecule has 0 fully saturated rings. The summed E-state index contributed by atoms with van der Waals surface area (Å²) in [6.45, 7) is 2.15. The van der Waals surface area contributed by atoms with Gasteiger partial charge < -0.3 is 5.73 Å². The van der Waals surface area contributed by atoms with Gasteiger partial charge in [-0.1, -0.05) is 55.4 Å². The monoisotopic (exact) mass is 298 g/mol. The largest absolute Gasteiger partial charge is 0.382 e. The Morgan fingerprint density at radius 1 is 1.24 bits per heavy atom. The fourth-order valence-corrected chi connectivity index (χ4v) is 2.87. The summed E-state index contributed by atoms with van der Waals surface area (Å²) in [6.07, 6.45) is 2.84. The fourth-order valence-electron chi connectivity index (χ4n) is 1.91. The Bertz CT molecular complexity index is 635. The van der Waals surface area contributed by atoms with Crippen molar-refractivity contribution in [1.29, 1.82) is 5.26 Å². The molecule has 0 aliphatic rings. The van der Waals surface area contributed by atoms with E-state index in [1.165, 1.54) is 0 Å². The van der Waals surface area contributed by atoms with Crippen molar-refractivity contribution in [1.82, 2.24) is 9.97 Å². The smallest absolute Gasteiger partial charge is 0.189 e. The van der Waals surface area contributed by atoms with Gasteiger partial charge >= 0.3 is 0 Å². The molecule has 5 heteroatoms. The molecule has 4 nitrogen and oxygen atoms in total. The first-order valence-corrected chi connectivity index (χ1v) is 7.96. The summed E-state index contributed by atoms with van der Waals surface area (Å²) in [5.74, 6) is 1.24. The highest BCUT2D eigenvalue weighted by molar-refractivity contribution is 7.99. The molecule has 0 spiro atoms. The second-order valence-electron chi connectivity index (χ2n) is 4.69. The molecule has 0 amide bonds. The van der Waals surface area contributed by atoms with Crippen LogP contribution >= 0.6 is 11.8 Å². The molecule has 0 atom stereocenters. The van der Waals surface area contributed by atoms with Crippen LogP contribution in [0.15, 0.2) is 35.5 Å². The lowest BCUT2D eigenvalue weighted by atomic mass is 10.1. The molecule has 0 aliphatic heterocycles. The van der Waals surface area contributed by atoms with Crippen LogP contribution < -0.4 is 5.73 Å². The Morgan fingerprint density at radius 3 is 2.67 bits per heavy atom. The first-order chi connectivity index (χ1) is 10.2. The van der Waals surface area contributed by atoms with Crippen LogP contribution in [0.1, 0.15) is 36.6 Å². The van der Waals surface area contributed by atoms with Gasteiger partial charge in [0.2, 0.25) is 0 Å². The number of nitriles is 1. The van der Waals surface area contributed by atoms with Gasteiger partial charge in [0.25, 0.3) is 0 Å². The minimum absolute atomic E-state index is 0.275. The van der Waals surface area contributed by atoms with Crippen molar-refractivity contribution in [2.75, 3.05) is 11.5 Å². The molecule has 0 aliphatic carbocycles. The Morgan fingerprint density at radius 2 is 2.00 bits per heavy atom. The van der Waals surface area contributed by atoms with Crippen molar-refractivity contribution in [3.8, 4) is 6.07 Å². The molecule has 108 valence electrons. The number of unbranched alkanes of at least 4 members (excludes halogenated alkanes) is 1. The van der Waals surface area contributed by atoms with E-state index in [9.17, 15) is 5.26 Å². The summed E-state index contributed by atoms with van der Waals surface area (Å²) >= 11 is 1.59. The zero-order valence-corrected chi connectivity index (χ0v) is 12.9. The summed E-state index contributed by atoms with van der Waals surface area (Å²) in [7, 11) is 0. The number of benzene rings is 1. The standard InChI is InChI=1S/C16H18N4S/c1-2-3-9-21-16-19-14(13(11-17)15(18)20-16)10-12-7-5-4-6-8-12/h4-8H,2-3,9-10H2,1H3,(H2,18,19,20). The number of thioether (sulfide) groups is 1. The molecule has 21 heavy (non-hydrogen) atoms. The Labute approximate surface area is 129 Å². The number of anilines is 1. The summed E-state index contributed by atoms with van der Waals surface area (Å²) < 4.78 is 0. The van der Waals surface area contributed by atoms with E-state index in [2.05, 4.69) is 23.0 Å². The number of nitrogen functional groups attached to an aromatic ring is 1. The van der Waals surface area contributed by atoms with Crippen molar-refractivity contribution in [2.45, 2.75) is 31.3 Å². The van der Waals surface area contributed by atoms with Gasteiger partial charge in [0.15, 0.2) is 5.16 Å². The highest BCUT2D eigenvalue weighted by atomic mass is 32.2. The second-order valence-corrected chi connectivity index (χ2v) is 5.75. The molecule has 1 heterocycles. The highest BCUT2D eigenvalue weighted by Gasteiger charge is 2.13. The van der Waals surface area contributed by atoms with Crippen LogP contribution in [0.5, 0.6) is 0 Å². The average Bonchev–Trinajstić information content (AvgIpc) is 2.48. The molecular formula is C16H18N4S. The zero-order chi connectivity index (χ0) is 15.1. The quantitative estimate of drug-likeness (QED) is 0.502. The Kier molecular flexibility index (Phi) is 5.59. The fraction of sp³-hybridized carbons (Fsp3) is 0.312. The van der Waals surface area contributed by atoms with Crippen LogP contribution in [0.3, 0.4) is 0 Å². The van der Waals surface area contributed by atoms with E-state index in [1.807, 2.05) is 30.3 Å². The van der Waals surface area contributed by atoms with E-state index in [1.54, 1.807) is 11.8 Å². The summed E-state index contributed by atoms with van der Waals surface area (Å²) in [4.78, 5) is 8.75. The lowest BCUT2D eigenvalue weighted by molar-refractivity contribution is 0.876. The number of nitrogens with zero attached hydrogens (tertiary/aromatic N) is 3. The predicted octanol–water partition coefficient (Wildman–Crippen LogP) is 3.41. The Hall–Kier alpha value is -2.06. The van der Waals surface area contributed by atoms with Crippen LogP contribution in [-0.2, 0) is 6.42 Å². The molecule has 2 rings (SSSR count). The number of hydrogen-bond donors (Lipinski definition) is 1. The van der Waals surface area contributed by atoms with Gasteiger partial charge in [0.05, 0.1) is 5.69 Å². The van der Waals surface area contributed by atoms with Gasteiger partial charge in [-0.3, -0.25) is 0 Å². The number of nitrogens with two attached hydrogens (primary N) is 1. The van der Waals surface area contributed by atoms with E-state index in [-0.39, 0.29) is 5.82 Å². The molecule has 0 bridgehead atoms. The molecular weight excluding hydrogens is 280 g/mol. The first-order valence-electron chi connectivity index (χ1n) is 6.97. The van der Waals surface area contributed by atoms with Crippen molar-refractivity contribution >= 4 is 17.6 Å². The lowest BCUT2D eigenvalue weighted by Crippen LogP contribution is -2.06. The van der Waals surface area contributed by atoms with Crippen LogP contribution in [0.4, 0.5) is 5.82 Å². The predicted molar refractivity (Wildman–Crippen MR) is 86.0 cm³/mol. The normalized spacial score (nSPS) is 10.3. The molecule has 0 saturated carbocycles. The summed E-state index contributed by atoms with van der Waals surface area (Å²) in [5.41, 5.74) is 8.10.